The Morgan fingerprint density at radius 2 is 2.07 bits per heavy atom. The van der Waals surface area contributed by atoms with E-state index in [1.54, 1.807) is 0 Å². The Kier molecular flexibility index (Phi) is 6.48. The van der Waals surface area contributed by atoms with Gasteiger partial charge in [-0.3, -0.25) is 4.79 Å². The highest BCUT2D eigenvalue weighted by Gasteiger charge is 2.26. The Balaban J connectivity index is 3.93. The van der Waals surface area contributed by atoms with E-state index in [0.717, 1.165) is 12.8 Å². The summed E-state index contributed by atoms with van der Waals surface area (Å²) >= 11 is 0. The first-order valence-electron chi connectivity index (χ1n) is 5.49. The molecule has 0 spiro atoms. The molecular weight excluding hydrogens is 197 g/mol. The number of hydrogen-bond donors (Lipinski definition) is 2. The molecule has 0 bridgehead atoms. The summed E-state index contributed by atoms with van der Waals surface area (Å²) in [6, 6.07) is 0. The molecule has 0 saturated heterocycles. The maximum atomic E-state index is 13.1. The zero-order valence-corrected chi connectivity index (χ0v) is 9.85. The second-order valence-corrected chi connectivity index (χ2v) is 4.35. The van der Waals surface area contributed by atoms with Crippen LogP contribution in [0, 0.1) is 5.92 Å². The number of carbonyl (C=O) groups is 1. The fourth-order valence-corrected chi connectivity index (χ4v) is 1.39. The maximum absolute atomic E-state index is 13.1. The molecule has 1 atom stereocenters. The molecule has 0 radical (unpaired) electrons. The number of nitrogens with one attached hydrogen (secondary N) is 1. The number of rotatable bonds is 7. The average Bonchev–Trinajstić information content (AvgIpc) is 2.12. The molecule has 1 unspecified atom stereocenters. The lowest BCUT2D eigenvalue weighted by molar-refractivity contribution is -0.131. The summed E-state index contributed by atoms with van der Waals surface area (Å²) in [6.45, 7) is 5.08. The molecule has 0 aromatic carbocycles. The van der Waals surface area contributed by atoms with Crippen molar-refractivity contribution in [2.75, 3.05) is 13.2 Å². The van der Waals surface area contributed by atoms with Crippen molar-refractivity contribution in [3.63, 3.8) is 0 Å². The minimum absolute atomic E-state index is 0.111. The zero-order chi connectivity index (χ0) is 11.9. The van der Waals surface area contributed by atoms with Crippen LogP contribution in [-0.2, 0) is 4.79 Å². The lowest BCUT2D eigenvalue weighted by atomic mass is 10.00. The topological polar surface area (TPSA) is 49.3 Å². The molecule has 0 aliphatic rings. The molecule has 0 saturated carbocycles. The Hall–Kier alpha value is -0.640. The normalized spacial score (nSPS) is 13.7. The highest BCUT2D eigenvalue weighted by atomic mass is 19.1. The largest absolute Gasteiger partial charge is 0.396 e. The fraction of sp³-hybridized carbons (Fsp3) is 0.909. The van der Waals surface area contributed by atoms with Crippen LogP contribution in [0.15, 0.2) is 0 Å². The van der Waals surface area contributed by atoms with E-state index < -0.39 is 11.6 Å². The van der Waals surface area contributed by atoms with Gasteiger partial charge in [-0.25, -0.2) is 4.39 Å². The van der Waals surface area contributed by atoms with Crippen molar-refractivity contribution in [3.8, 4) is 0 Å². The fourth-order valence-electron chi connectivity index (χ4n) is 1.39. The van der Waals surface area contributed by atoms with Gasteiger partial charge in [0.05, 0.1) is 0 Å². The summed E-state index contributed by atoms with van der Waals surface area (Å²) in [4.78, 5) is 11.2. The van der Waals surface area contributed by atoms with E-state index in [1.165, 1.54) is 13.8 Å². The van der Waals surface area contributed by atoms with E-state index in [-0.39, 0.29) is 12.5 Å². The highest BCUT2D eigenvalue weighted by molar-refractivity contribution is 5.83. The van der Waals surface area contributed by atoms with E-state index in [4.69, 9.17) is 5.11 Å². The molecule has 1 amide bonds. The van der Waals surface area contributed by atoms with Crippen LogP contribution in [0.25, 0.3) is 0 Å². The number of carbonyl (C=O) groups excluding carboxylic acids is 1. The van der Waals surface area contributed by atoms with Gasteiger partial charge >= 0.3 is 0 Å². The van der Waals surface area contributed by atoms with Gasteiger partial charge in [-0.1, -0.05) is 13.3 Å². The van der Waals surface area contributed by atoms with Crippen molar-refractivity contribution in [3.05, 3.63) is 0 Å². The van der Waals surface area contributed by atoms with Crippen molar-refractivity contribution in [2.24, 2.45) is 5.92 Å². The summed E-state index contributed by atoms with van der Waals surface area (Å²) in [5, 5.41) is 11.4. The average molecular weight is 219 g/mol. The van der Waals surface area contributed by atoms with Gasteiger partial charge in [-0.15, -0.1) is 0 Å². The lowest BCUT2D eigenvalue weighted by Crippen LogP contribution is -2.41. The third-order valence-corrected chi connectivity index (χ3v) is 2.33. The first-order valence-corrected chi connectivity index (χ1v) is 5.49. The second-order valence-electron chi connectivity index (χ2n) is 4.35. The number of hydrogen-bond acceptors (Lipinski definition) is 2. The predicted molar refractivity (Wildman–Crippen MR) is 58.3 cm³/mol. The molecule has 0 aromatic rings. The van der Waals surface area contributed by atoms with Crippen molar-refractivity contribution in [2.45, 2.75) is 45.7 Å². The molecule has 0 aliphatic heterocycles. The summed E-state index contributed by atoms with van der Waals surface area (Å²) in [5.74, 6) is -0.340. The molecule has 2 N–H and O–H groups in total. The SMILES string of the molecule is CCCC(CCO)CNC(=O)C(C)(C)F. The number of aliphatic hydroxyl groups is 1. The summed E-state index contributed by atoms with van der Waals surface area (Å²) in [6.07, 6.45) is 2.59. The van der Waals surface area contributed by atoms with Gasteiger partial charge in [0, 0.05) is 13.2 Å². The van der Waals surface area contributed by atoms with Gasteiger partial charge in [0.25, 0.3) is 5.91 Å². The van der Waals surface area contributed by atoms with Gasteiger partial charge in [0.2, 0.25) is 0 Å². The molecule has 3 nitrogen and oxygen atoms in total. The van der Waals surface area contributed by atoms with Crippen molar-refractivity contribution < 1.29 is 14.3 Å². The minimum Gasteiger partial charge on any atom is -0.396 e. The van der Waals surface area contributed by atoms with Gasteiger partial charge in [0.1, 0.15) is 0 Å². The molecule has 15 heavy (non-hydrogen) atoms. The van der Waals surface area contributed by atoms with Crippen LogP contribution in [-0.4, -0.2) is 29.8 Å². The number of aliphatic hydroxyl groups excluding tert-OH is 1. The van der Waals surface area contributed by atoms with Crippen molar-refractivity contribution in [1.29, 1.82) is 0 Å². The third-order valence-electron chi connectivity index (χ3n) is 2.33. The number of halogens is 1. The van der Waals surface area contributed by atoms with Gasteiger partial charge in [-0.05, 0) is 32.6 Å². The Morgan fingerprint density at radius 3 is 2.47 bits per heavy atom. The predicted octanol–water partition coefficient (Wildman–Crippen LogP) is 1.65. The first kappa shape index (κ1) is 14.4. The van der Waals surface area contributed by atoms with E-state index in [0.29, 0.717) is 13.0 Å². The number of amides is 1. The van der Waals surface area contributed by atoms with Gasteiger partial charge < -0.3 is 10.4 Å². The van der Waals surface area contributed by atoms with Crippen molar-refractivity contribution >= 4 is 5.91 Å². The molecule has 90 valence electrons. The summed E-state index contributed by atoms with van der Waals surface area (Å²) in [5.41, 5.74) is -1.82. The van der Waals surface area contributed by atoms with Crippen LogP contribution in [0.4, 0.5) is 4.39 Å². The molecular formula is C11H22FNO2. The smallest absolute Gasteiger partial charge is 0.257 e. The molecule has 0 fully saturated rings. The van der Waals surface area contributed by atoms with Gasteiger partial charge in [0.15, 0.2) is 5.67 Å². The van der Waals surface area contributed by atoms with Crippen LogP contribution in [0.5, 0.6) is 0 Å². The Bertz CT molecular complexity index is 184. The third kappa shape index (κ3) is 6.44. The quantitative estimate of drug-likeness (QED) is 0.684. The first-order chi connectivity index (χ1) is 6.91. The second kappa shape index (κ2) is 6.77. The lowest BCUT2D eigenvalue weighted by Gasteiger charge is -2.19. The monoisotopic (exact) mass is 219 g/mol. The van der Waals surface area contributed by atoms with E-state index >= 15 is 0 Å². The Morgan fingerprint density at radius 1 is 1.47 bits per heavy atom. The van der Waals surface area contributed by atoms with Crippen molar-refractivity contribution in [1.82, 2.24) is 5.32 Å². The zero-order valence-electron chi connectivity index (χ0n) is 9.85. The minimum atomic E-state index is -1.82. The van der Waals surface area contributed by atoms with E-state index in [9.17, 15) is 9.18 Å². The molecule has 0 aromatic heterocycles. The molecule has 0 rings (SSSR count). The molecule has 0 heterocycles. The van der Waals surface area contributed by atoms with Crippen LogP contribution >= 0.6 is 0 Å². The Labute approximate surface area is 91.1 Å². The maximum Gasteiger partial charge on any atom is 0.257 e. The van der Waals surface area contributed by atoms with Crippen LogP contribution < -0.4 is 5.32 Å². The summed E-state index contributed by atoms with van der Waals surface area (Å²) < 4.78 is 13.1. The van der Waals surface area contributed by atoms with Crippen LogP contribution in [0.2, 0.25) is 0 Å². The van der Waals surface area contributed by atoms with Crippen LogP contribution in [0.1, 0.15) is 40.0 Å². The standard InChI is InChI=1S/C11H22FNO2/c1-4-5-9(6-7-14)8-13-10(15)11(2,3)12/h9,14H,4-8H2,1-3H3,(H,13,15). The molecule has 0 aliphatic carbocycles. The molecule has 4 heteroatoms. The van der Waals surface area contributed by atoms with E-state index in [1.807, 2.05) is 6.92 Å². The van der Waals surface area contributed by atoms with Gasteiger partial charge in [-0.2, -0.15) is 0 Å². The number of alkyl halides is 1. The van der Waals surface area contributed by atoms with Crippen LogP contribution in [0.3, 0.4) is 0 Å². The highest BCUT2D eigenvalue weighted by Crippen LogP contribution is 2.11. The summed E-state index contributed by atoms with van der Waals surface area (Å²) in [7, 11) is 0. The van der Waals surface area contributed by atoms with E-state index in [2.05, 4.69) is 5.32 Å².